The van der Waals surface area contributed by atoms with Crippen molar-refractivity contribution in [1.29, 1.82) is 0 Å². The molecule has 1 aromatic carbocycles. The molecule has 0 saturated heterocycles. The number of benzene rings is 1. The summed E-state index contributed by atoms with van der Waals surface area (Å²) in [6.45, 7) is 3.98. The van der Waals surface area contributed by atoms with Crippen LogP contribution in [0.15, 0.2) is 36.7 Å². The summed E-state index contributed by atoms with van der Waals surface area (Å²) in [6.07, 6.45) is 5.13. The molecule has 1 fully saturated rings. The molecule has 5 heteroatoms. The van der Waals surface area contributed by atoms with Crippen LogP contribution in [0.2, 0.25) is 0 Å². The number of hydrogen-bond donors (Lipinski definition) is 3. The van der Waals surface area contributed by atoms with E-state index < -0.39 is 5.60 Å². The lowest BCUT2D eigenvalue weighted by Crippen LogP contribution is -2.35. The van der Waals surface area contributed by atoms with Crippen molar-refractivity contribution in [1.82, 2.24) is 9.97 Å². The van der Waals surface area contributed by atoms with Gasteiger partial charge in [0.05, 0.1) is 5.60 Å². The molecule has 0 bridgehead atoms. The zero-order valence-corrected chi connectivity index (χ0v) is 13.7. The predicted octanol–water partition coefficient (Wildman–Crippen LogP) is 3.63. The van der Waals surface area contributed by atoms with Gasteiger partial charge in [0.2, 0.25) is 0 Å². The molecule has 1 heterocycles. The van der Waals surface area contributed by atoms with Crippen LogP contribution in [0.1, 0.15) is 38.2 Å². The van der Waals surface area contributed by atoms with Crippen LogP contribution in [0.3, 0.4) is 0 Å². The van der Waals surface area contributed by atoms with Crippen LogP contribution in [-0.2, 0) is 0 Å². The topological polar surface area (TPSA) is 70.1 Å². The Balaban J connectivity index is 1.63. The van der Waals surface area contributed by atoms with E-state index in [1.54, 1.807) is 6.33 Å². The molecule has 3 rings (SSSR count). The van der Waals surface area contributed by atoms with E-state index in [4.69, 9.17) is 0 Å². The predicted molar refractivity (Wildman–Crippen MR) is 93.0 cm³/mol. The summed E-state index contributed by atoms with van der Waals surface area (Å²) in [6, 6.07) is 10.5. The molecule has 0 atom stereocenters. The smallest absolute Gasteiger partial charge is 0.135 e. The van der Waals surface area contributed by atoms with Crippen LogP contribution in [0, 0.1) is 6.92 Å². The van der Waals surface area contributed by atoms with Crippen LogP contribution in [-0.4, -0.2) is 26.7 Å². The summed E-state index contributed by atoms with van der Waals surface area (Å²) in [4.78, 5) is 8.58. The van der Waals surface area contributed by atoms with E-state index in [1.165, 1.54) is 5.56 Å². The van der Waals surface area contributed by atoms with Crippen molar-refractivity contribution in [2.45, 2.75) is 51.2 Å². The number of rotatable bonds is 4. The second kappa shape index (κ2) is 6.54. The third kappa shape index (κ3) is 4.42. The molecule has 1 aliphatic carbocycles. The minimum absolute atomic E-state index is 0.358. The Morgan fingerprint density at radius 2 is 1.87 bits per heavy atom. The highest BCUT2D eigenvalue weighted by atomic mass is 16.3. The van der Waals surface area contributed by atoms with Gasteiger partial charge in [-0.2, -0.15) is 0 Å². The first-order valence-corrected chi connectivity index (χ1v) is 8.15. The van der Waals surface area contributed by atoms with Gasteiger partial charge in [-0.15, -0.1) is 0 Å². The van der Waals surface area contributed by atoms with E-state index >= 15 is 0 Å². The maximum atomic E-state index is 10.0. The Labute approximate surface area is 137 Å². The highest BCUT2D eigenvalue weighted by Gasteiger charge is 2.28. The average molecular weight is 312 g/mol. The van der Waals surface area contributed by atoms with Crippen molar-refractivity contribution in [2.24, 2.45) is 0 Å². The Hall–Kier alpha value is -2.14. The van der Waals surface area contributed by atoms with Crippen LogP contribution < -0.4 is 10.6 Å². The third-order valence-electron chi connectivity index (χ3n) is 4.37. The monoisotopic (exact) mass is 312 g/mol. The van der Waals surface area contributed by atoms with Gasteiger partial charge < -0.3 is 15.7 Å². The zero-order chi connectivity index (χ0) is 16.3. The lowest BCUT2D eigenvalue weighted by molar-refractivity contribution is 0.0196. The quantitative estimate of drug-likeness (QED) is 0.804. The molecule has 0 radical (unpaired) electrons. The third-order valence-corrected chi connectivity index (χ3v) is 4.37. The molecule has 122 valence electrons. The highest BCUT2D eigenvalue weighted by molar-refractivity contribution is 5.59. The van der Waals surface area contributed by atoms with E-state index in [0.717, 1.165) is 43.0 Å². The van der Waals surface area contributed by atoms with Gasteiger partial charge in [-0.05, 0) is 57.2 Å². The fourth-order valence-corrected chi connectivity index (χ4v) is 2.97. The van der Waals surface area contributed by atoms with Gasteiger partial charge in [-0.25, -0.2) is 9.97 Å². The van der Waals surface area contributed by atoms with Gasteiger partial charge in [-0.3, -0.25) is 0 Å². The number of anilines is 3. The molecule has 1 saturated carbocycles. The average Bonchev–Trinajstić information content (AvgIpc) is 2.50. The highest BCUT2D eigenvalue weighted by Crippen LogP contribution is 2.29. The molecule has 0 unspecified atom stereocenters. The first-order valence-electron chi connectivity index (χ1n) is 8.15. The van der Waals surface area contributed by atoms with Crippen molar-refractivity contribution < 1.29 is 5.11 Å². The minimum atomic E-state index is -0.512. The van der Waals surface area contributed by atoms with E-state index in [2.05, 4.69) is 39.7 Å². The molecule has 0 aliphatic heterocycles. The summed E-state index contributed by atoms with van der Waals surface area (Å²) in [5, 5.41) is 16.8. The fourth-order valence-electron chi connectivity index (χ4n) is 2.97. The maximum absolute atomic E-state index is 10.0. The van der Waals surface area contributed by atoms with E-state index in [1.807, 2.05) is 25.1 Å². The summed E-state index contributed by atoms with van der Waals surface area (Å²) < 4.78 is 0. The SMILES string of the molecule is Cc1cccc(Nc2cc(NC3CCC(C)(O)CC3)ncn2)c1. The molecule has 2 aromatic rings. The van der Waals surface area contributed by atoms with Gasteiger partial charge in [-0.1, -0.05) is 12.1 Å². The van der Waals surface area contributed by atoms with Gasteiger partial charge in [0.15, 0.2) is 0 Å². The molecule has 5 nitrogen and oxygen atoms in total. The van der Waals surface area contributed by atoms with Crippen molar-refractivity contribution >= 4 is 17.3 Å². The molecular weight excluding hydrogens is 288 g/mol. The fraction of sp³-hybridized carbons (Fsp3) is 0.444. The second-order valence-electron chi connectivity index (χ2n) is 6.70. The molecule has 0 spiro atoms. The van der Waals surface area contributed by atoms with E-state index in [0.29, 0.717) is 6.04 Å². The minimum Gasteiger partial charge on any atom is -0.390 e. The van der Waals surface area contributed by atoms with Crippen molar-refractivity contribution in [2.75, 3.05) is 10.6 Å². The summed E-state index contributed by atoms with van der Waals surface area (Å²) in [5.74, 6) is 1.60. The number of nitrogens with zero attached hydrogens (tertiary/aromatic N) is 2. The first kappa shape index (κ1) is 15.7. The van der Waals surface area contributed by atoms with Gasteiger partial charge in [0.1, 0.15) is 18.0 Å². The zero-order valence-electron chi connectivity index (χ0n) is 13.7. The number of aromatic nitrogens is 2. The van der Waals surface area contributed by atoms with Gasteiger partial charge in [0, 0.05) is 17.8 Å². The van der Waals surface area contributed by atoms with E-state index in [-0.39, 0.29) is 0 Å². The summed E-state index contributed by atoms with van der Waals surface area (Å²) in [5.41, 5.74) is 1.71. The van der Waals surface area contributed by atoms with Crippen LogP contribution in [0.4, 0.5) is 17.3 Å². The van der Waals surface area contributed by atoms with E-state index in [9.17, 15) is 5.11 Å². The van der Waals surface area contributed by atoms with Gasteiger partial charge in [0.25, 0.3) is 0 Å². The second-order valence-corrected chi connectivity index (χ2v) is 6.70. The molecule has 23 heavy (non-hydrogen) atoms. The largest absolute Gasteiger partial charge is 0.390 e. The summed E-state index contributed by atoms with van der Waals surface area (Å²) in [7, 11) is 0. The lowest BCUT2D eigenvalue weighted by Gasteiger charge is -2.33. The normalized spacial score (nSPS) is 24.2. The number of aliphatic hydroxyl groups is 1. The first-order chi connectivity index (χ1) is 11.0. The Morgan fingerprint density at radius 1 is 1.13 bits per heavy atom. The number of nitrogens with one attached hydrogen (secondary N) is 2. The standard InChI is InChI=1S/C18H24N4O/c1-13-4-3-5-15(10-13)22-17-11-16(19-12-20-17)21-14-6-8-18(2,23)9-7-14/h3-5,10-12,14,23H,6-9H2,1-2H3,(H2,19,20,21,22). The van der Waals surface area contributed by atoms with Crippen LogP contribution >= 0.6 is 0 Å². The van der Waals surface area contributed by atoms with Gasteiger partial charge >= 0.3 is 0 Å². The summed E-state index contributed by atoms with van der Waals surface area (Å²) >= 11 is 0. The van der Waals surface area contributed by atoms with Crippen molar-refractivity contribution in [3.05, 3.63) is 42.2 Å². The maximum Gasteiger partial charge on any atom is 0.135 e. The Morgan fingerprint density at radius 3 is 2.61 bits per heavy atom. The number of hydrogen-bond acceptors (Lipinski definition) is 5. The lowest BCUT2D eigenvalue weighted by atomic mass is 9.84. The number of aryl methyl sites for hydroxylation is 1. The molecule has 3 N–H and O–H groups in total. The van der Waals surface area contributed by atoms with Crippen molar-refractivity contribution in [3.63, 3.8) is 0 Å². The molecular formula is C18H24N4O. The van der Waals surface area contributed by atoms with Crippen molar-refractivity contribution in [3.8, 4) is 0 Å². The Bertz CT molecular complexity index is 662. The Kier molecular flexibility index (Phi) is 4.48. The molecule has 0 amide bonds. The molecule has 1 aromatic heterocycles. The van der Waals surface area contributed by atoms with Crippen LogP contribution in [0.25, 0.3) is 0 Å². The molecule has 1 aliphatic rings. The van der Waals surface area contributed by atoms with Crippen LogP contribution in [0.5, 0.6) is 0 Å².